The van der Waals surface area contributed by atoms with Gasteiger partial charge in [0.15, 0.2) is 12.1 Å². The summed E-state index contributed by atoms with van der Waals surface area (Å²) in [5.74, 6) is -0.00926. The Hall–Kier alpha value is -2.46. The number of nitrogens with zero attached hydrogens (tertiary/aromatic N) is 3. The van der Waals surface area contributed by atoms with E-state index in [2.05, 4.69) is 20.9 Å². The normalized spacial score (nSPS) is 22.7. The molecule has 0 radical (unpaired) electrons. The van der Waals surface area contributed by atoms with Crippen molar-refractivity contribution in [3.8, 4) is 6.07 Å². The highest BCUT2D eigenvalue weighted by Crippen LogP contribution is 2.31. The first-order valence-corrected chi connectivity index (χ1v) is 7.72. The Bertz CT molecular complexity index is 794. The number of fused-ring (bicyclic) bond motifs is 1. The van der Waals surface area contributed by atoms with Crippen LogP contribution in [0, 0.1) is 18.3 Å². The molecule has 116 valence electrons. The Balaban J connectivity index is 2.01. The maximum absolute atomic E-state index is 12.4. The summed E-state index contributed by atoms with van der Waals surface area (Å²) in [6.07, 6.45) is 1.25. The van der Waals surface area contributed by atoms with Crippen molar-refractivity contribution in [1.82, 2.24) is 4.90 Å². The number of amides is 1. The van der Waals surface area contributed by atoms with Gasteiger partial charge in [-0.25, -0.2) is 4.99 Å². The molecule has 7 heteroatoms. The molecule has 2 heterocycles. The standard InChI is InChI=1S/C16H12BrN3O3/c1-9-11(3-2-4-12(9)17)15-19-13-14(23-15)10(7-18)8-20(5-6-21)16(13)22/h2-4,6,8,13-14H,5H2,1H3. The smallest absolute Gasteiger partial charge is 0.256 e. The lowest BCUT2D eigenvalue weighted by atomic mass is 10.00. The molecule has 1 amide bonds. The number of carbonyl (C=O) groups is 2. The second-order valence-electron chi connectivity index (χ2n) is 5.18. The summed E-state index contributed by atoms with van der Waals surface area (Å²) in [5, 5.41) is 9.28. The van der Waals surface area contributed by atoms with Crippen LogP contribution in [-0.2, 0) is 14.3 Å². The zero-order valence-corrected chi connectivity index (χ0v) is 13.8. The van der Waals surface area contributed by atoms with Gasteiger partial charge in [0.2, 0.25) is 5.90 Å². The van der Waals surface area contributed by atoms with Gasteiger partial charge in [-0.15, -0.1) is 0 Å². The number of benzene rings is 1. The summed E-state index contributed by atoms with van der Waals surface area (Å²) < 4.78 is 6.69. The molecule has 0 spiro atoms. The van der Waals surface area contributed by atoms with Gasteiger partial charge >= 0.3 is 0 Å². The molecule has 2 atom stereocenters. The van der Waals surface area contributed by atoms with Crippen molar-refractivity contribution in [1.29, 1.82) is 5.26 Å². The molecule has 6 nitrogen and oxygen atoms in total. The molecular formula is C16H12BrN3O3. The summed E-state index contributed by atoms with van der Waals surface area (Å²) >= 11 is 3.45. The van der Waals surface area contributed by atoms with E-state index in [1.54, 1.807) is 0 Å². The van der Waals surface area contributed by atoms with Gasteiger partial charge < -0.3 is 14.4 Å². The van der Waals surface area contributed by atoms with E-state index in [0.717, 1.165) is 15.6 Å². The SMILES string of the molecule is Cc1c(Br)cccc1C1=NC2C(=O)N(CC=O)C=C(C#N)C2O1. The number of halogens is 1. The molecule has 1 aromatic carbocycles. The number of aldehydes is 1. The van der Waals surface area contributed by atoms with Gasteiger partial charge in [-0.1, -0.05) is 22.0 Å². The van der Waals surface area contributed by atoms with E-state index in [9.17, 15) is 14.9 Å². The van der Waals surface area contributed by atoms with Crippen LogP contribution in [0.15, 0.2) is 39.4 Å². The van der Waals surface area contributed by atoms with Crippen LogP contribution in [0.1, 0.15) is 11.1 Å². The van der Waals surface area contributed by atoms with Gasteiger partial charge in [0.1, 0.15) is 12.4 Å². The minimum Gasteiger partial charge on any atom is -0.466 e. The molecule has 23 heavy (non-hydrogen) atoms. The first-order valence-electron chi connectivity index (χ1n) is 6.92. The average Bonchev–Trinajstić information content (AvgIpc) is 2.98. The van der Waals surface area contributed by atoms with Crippen molar-refractivity contribution in [2.24, 2.45) is 4.99 Å². The summed E-state index contributed by atoms with van der Waals surface area (Å²) in [6, 6.07) is 6.79. The molecule has 0 aliphatic carbocycles. The summed E-state index contributed by atoms with van der Waals surface area (Å²) in [4.78, 5) is 28.7. The second kappa shape index (κ2) is 5.97. The predicted molar refractivity (Wildman–Crippen MR) is 85.5 cm³/mol. The zero-order valence-electron chi connectivity index (χ0n) is 12.2. The highest BCUT2D eigenvalue weighted by molar-refractivity contribution is 9.10. The Morgan fingerprint density at radius 1 is 1.52 bits per heavy atom. The lowest BCUT2D eigenvalue weighted by molar-refractivity contribution is -0.133. The average molecular weight is 374 g/mol. The Labute approximate surface area is 141 Å². The summed E-state index contributed by atoms with van der Waals surface area (Å²) in [6.45, 7) is 1.81. The van der Waals surface area contributed by atoms with Gasteiger partial charge in [0.05, 0.1) is 12.1 Å². The Morgan fingerprint density at radius 3 is 3.00 bits per heavy atom. The number of carbonyl (C=O) groups excluding carboxylic acids is 2. The van der Waals surface area contributed by atoms with E-state index in [1.165, 1.54) is 11.1 Å². The summed E-state index contributed by atoms with van der Waals surface area (Å²) in [5.41, 5.74) is 1.98. The third kappa shape index (κ3) is 2.55. The number of rotatable bonds is 3. The second-order valence-corrected chi connectivity index (χ2v) is 6.04. The molecular weight excluding hydrogens is 362 g/mol. The van der Waals surface area contributed by atoms with E-state index in [0.29, 0.717) is 12.2 Å². The maximum Gasteiger partial charge on any atom is 0.256 e. The van der Waals surface area contributed by atoms with Crippen molar-refractivity contribution in [3.05, 3.63) is 45.6 Å². The molecule has 2 unspecified atom stereocenters. The fraction of sp³-hybridized carbons (Fsp3) is 0.250. The monoisotopic (exact) mass is 373 g/mol. The van der Waals surface area contributed by atoms with E-state index >= 15 is 0 Å². The van der Waals surface area contributed by atoms with Crippen molar-refractivity contribution in [3.63, 3.8) is 0 Å². The van der Waals surface area contributed by atoms with Gasteiger partial charge in [-0.3, -0.25) is 4.79 Å². The molecule has 0 N–H and O–H groups in total. The number of hydrogen-bond acceptors (Lipinski definition) is 5. The van der Waals surface area contributed by atoms with E-state index in [1.807, 2.05) is 31.2 Å². The number of aliphatic imine (C=N–C) groups is 1. The van der Waals surface area contributed by atoms with Crippen LogP contribution >= 0.6 is 15.9 Å². The molecule has 1 aromatic rings. The van der Waals surface area contributed by atoms with Crippen molar-refractivity contribution in [2.75, 3.05) is 6.54 Å². The quantitative estimate of drug-likeness (QED) is 0.755. The lowest BCUT2D eigenvalue weighted by Gasteiger charge is -2.27. The molecule has 0 saturated heterocycles. The van der Waals surface area contributed by atoms with Crippen LogP contribution in [0.4, 0.5) is 0 Å². The van der Waals surface area contributed by atoms with Crippen LogP contribution in [0.3, 0.4) is 0 Å². The predicted octanol–water partition coefficient (Wildman–Crippen LogP) is 1.72. The number of ether oxygens (including phenoxy) is 1. The molecule has 0 fully saturated rings. The highest BCUT2D eigenvalue weighted by Gasteiger charge is 2.44. The molecule has 0 aromatic heterocycles. The lowest BCUT2D eigenvalue weighted by Crippen LogP contribution is -2.46. The topological polar surface area (TPSA) is 82.8 Å². The molecule has 2 aliphatic heterocycles. The van der Waals surface area contributed by atoms with Gasteiger partial charge in [-0.2, -0.15) is 5.26 Å². The minimum atomic E-state index is -0.831. The third-order valence-corrected chi connectivity index (χ3v) is 4.68. The fourth-order valence-corrected chi connectivity index (χ4v) is 2.96. The molecule has 0 bridgehead atoms. The van der Waals surface area contributed by atoms with E-state index < -0.39 is 12.1 Å². The zero-order chi connectivity index (χ0) is 16.6. The van der Waals surface area contributed by atoms with Crippen molar-refractivity contribution >= 4 is 34.0 Å². The van der Waals surface area contributed by atoms with Crippen LogP contribution < -0.4 is 0 Å². The van der Waals surface area contributed by atoms with Crippen LogP contribution in [-0.4, -0.2) is 41.7 Å². The van der Waals surface area contributed by atoms with Crippen LogP contribution in [0.5, 0.6) is 0 Å². The first kappa shape index (κ1) is 15.4. The number of nitriles is 1. The van der Waals surface area contributed by atoms with E-state index in [4.69, 9.17) is 4.74 Å². The molecule has 3 rings (SSSR count). The summed E-state index contributed by atoms with van der Waals surface area (Å²) in [7, 11) is 0. The van der Waals surface area contributed by atoms with Gasteiger partial charge in [0.25, 0.3) is 5.91 Å². The van der Waals surface area contributed by atoms with Crippen molar-refractivity contribution < 1.29 is 14.3 Å². The molecule has 2 aliphatic rings. The van der Waals surface area contributed by atoms with Crippen LogP contribution in [0.25, 0.3) is 0 Å². The number of hydrogen-bond donors (Lipinski definition) is 0. The van der Waals surface area contributed by atoms with Crippen LogP contribution in [0.2, 0.25) is 0 Å². The first-order chi connectivity index (χ1) is 11.1. The Morgan fingerprint density at radius 2 is 2.30 bits per heavy atom. The highest BCUT2D eigenvalue weighted by atomic mass is 79.9. The fourth-order valence-electron chi connectivity index (χ4n) is 2.59. The van der Waals surface area contributed by atoms with Gasteiger partial charge in [-0.05, 0) is 24.6 Å². The van der Waals surface area contributed by atoms with E-state index in [-0.39, 0.29) is 18.0 Å². The molecule has 0 saturated carbocycles. The Kier molecular flexibility index (Phi) is 4.01. The van der Waals surface area contributed by atoms with Gasteiger partial charge in [0, 0.05) is 16.2 Å². The third-order valence-electron chi connectivity index (χ3n) is 3.82. The largest absolute Gasteiger partial charge is 0.466 e. The minimum absolute atomic E-state index is 0.103. The maximum atomic E-state index is 12.4. The van der Waals surface area contributed by atoms with Crippen molar-refractivity contribution in [2.45, 2.75) is 19.1 Å².